The van der Waals surface area contributed by atoms with E-state index < -0.39 is 26.2 Å². The predicted molar refractivity (Wildman–Crippen MR) is 154 cm³/mol. The number of guanidine groups is 1. The molecule has 44 heavy (non-hydrogen) atoms. The number of nitrogens with zero attached hydrogens (tertiary/aromatic N) is 2. The molecule has 5 N–H and O–H groups in total. The Balaban J connectivity index is 0.000000978. The Morgan fingerprint density at radius 2 is 1.39 bits per heavy atom. The van der Waals surface area contributed by atoms with Crippen molar-refractivity contribution in [2.24, 2.45) is 15.9 Å². The molecular formula is C30H32ClN5O7S. The van der Waals surface area contributed by atoms with Gasteiger partial charge in [-0.25, -0.2) is 18.6 Å². The van der Waals surface area contributed by atoms with Crippen LogP contribution in [0.1, 0.15) is 25.5 Å². The van der Waals surface area contributed by atoms with Gasteiger partial charge in [-0.3, -0.25) is 4.79 Å². The quantitative estimate of drug-likeness (QED) is 0.115. The Morgan fingerprint density at radius 3 is 1.91 bits per heavy atom. The van der Waals surface area contributed by atoms with Gasteiger partial charge in [-0.05, 0) is 53.9 Å². The highest BCUT2D eigenvalue weighted by Crippen LogP contribution is 2.26. The van der Waals surface area contributed by atoms with Crippen molar-refractivity contribution in [2.45, 2.75) is 37.6 Å². The van der Waals surface area contributed by atoms with Crippen LogP contribution in [-0.4, -0.2) is 20.3 Å². The van der Waals surface area contributed by atoms with E-state index in [4.69, 9.17) is 30.1 Å². The molecule has 1 heterocycles. The second kappa shape index (κ2) is 15.4. The first-order valence-electron chi connectivity index (χ1n) is 13.3. The number of aryl methyl sites for hydroxylation is 1. The molecule has 0 aliphatic rings. The van der Waals surface area contributed by atoms with Crippen molar-refractivity contribution in [3.63, 3.8) is 0 Å². The monoisotopic (exact) mass is 641 g/mol. The van der Waals surface area contributed by atoms with E-state index in [0.29, 0.717) is 12.2 Å². The molecule has 0 bridgehead atoms. The minimum atomic E-state index is -4.94. The Kier molecular flexibility index (Phi) is 11.9. The topological polar surface area (TPSA) is 224 Å². The van der Waals surface area contributed by atoms with Crippen molar-refractivity contribution in [2.75, 3.05) is 5.32 Å². The number of carbonyl (C=O) groups is 1. The molecule has 232 valence electrons. The molecule has 0 atom stereocenters. The zero-order chi connectivity index (χ0) is 32.3. The number of nitrogens with one attached hydrogen (secondary N) is 1. The zero-order valence-corrected chi connectivity index (χ0v) is 25.3. The van der Waals surface area contributed by atoms with E-state index in [1.807, 2.05) is 36.4 Å². The van der Waals surface area contributed by atoms with Crippen LogP contribution in [0.15, 0.2) is 106 Å². The van der Waals surface area contributed by atoms with Gasteiger partial charge in [0.05, 0.1) is 11.3 Å². The minimum absolute atomic E-state index is 0.0697. The molecule has 1 amide bonds. The first-order valence-corrected chi connectivity index (χ1v) is 16.0. The smallest absolute Gasteiger partial charge is 0.285 e. The average Bonchev–Trinajstić information content (AvgIpc) is 2.96. The van der Waals surface area contributed by atoms with Crippen molar-refractivity contribution in [1.82, 2.24) is 0 Å². The number of anilines is 1. The summed E-state index contributed by atoms with van der Waals surface area (Å²) >= 11 is 0. The number of rotatable bonds is 10. The summed E-state index contributed by atoms with van der Waals surface area (Å²) in [6.45, 7) is 2.63. The van der Waals surface area contributed by atoms with Gasteiger partial charge in [0.2, 0.25) is 17.6 Å². The predicted octanol–water partition coefficient (Wildman–Crippen LogP) is -0.504. The largest absolute Gasteiger partial charge is 0.369 e. The molecule has 14 heteroatoms. The highest BCUT2D eigenvalue weighted by atomic mass is 35.7. The SMILES string of the molecule is CCCc1cc(-c2ccccc2)cc(-c2ccccc2)[n+]1CCC(=O)Nc1ccc(S(=O)(=O)N=C(N)N)cc1.[O-][Cl+3]([O-])([O-])[O-]. The van der Waals surface area contributed by atoms with Crippen LogP contribution in [0.25, 0.3) is 22.4 Å². The molecule has 0 saturated heterocycles. The van der Waals surface area contributed by atoms with Gasteiger partial charge in [-0.15, -0.1) is 14.6 Å². The van der Waals surface area contributed by atoms with Crippen LogP contribution >= 0.6 is 0 Å². The fraction of sp³-hybridized carbons (Fsp3) is 0.167. The molecule has 12 nitrogen and oxygen atoms in total. The van der Waals surface area contributed by atoms with Crippen LogP contribution in [0.3, 0.4) is 0 Å². The summed E-state index contributed by atoms with van der Waals surface area (Å²) in [4.78, 5) is 12.9. The molecule has 4 rings (SSSR count). The number of hydrogen-bond donors (Lipinski definition) is 3. The summed E-state index contributed by atoms with van der Waals surface area (Å²) < 4.78 is 63.8. The minimum Gasteiger partial charge on any atom is -0.369 e. The third-order valence-corrected chi connectivity index (χ3v) is 7.48. The van der Waals surface area contributed by atoms with Crippen molar-refractivity contribution < 1.29 is 46.7 Å². The van der Waals surface area contributed by atoms with Gasteiger partial charge >= 0.3 is 0 Å². The van der Waals surface area contributed by atoms with Crippen LogP contribution in [0.5, 0.6) is 0 Å². The van der Waals surface area contributed by atoms with E-state index in [2.05, 4.69) is 57.6 Å². The van der Waals surface area contributed by atoms with Gasteiger partial charge in [0.25, 0.3) is 10.0 Å². The second-order valence-electron chi connectivity index (χ2n) is 9.45. The first kappa shape index (κ1) is 34.1. The van der Waals surface area contributed by atoms with Gasteiger partial charge in [0, 0.05) is 29.8 Å². The van der Waals surface area contributed by atoms with E-state index in [-0.39, 0.29) is 17.2 Å². The molecular weight excluding hydrogens is 610 g/mol. The Hall–Kier alpha value is -4.37. The lowest BCUT2D eigenvalue weighted by Crippen LogP contribution is -2.68. The fourth-order valence-corrected chi connectivity index (χ4v) is 5.25. The van der Waals surface area contributed by atoms with Crippen LogP contribution in [0.2, 0.25) is 0 Å². The highest BCUT2D eigenvalue weighted by Gasteiger charge is 2.22. The maximum atomic E-state index is 12.9. The van der Waals surface area contributed by atoms with E-state index in [0.717, 1.165) is 40.9 Å². The van der Waals surface area contributed by atoms with E-state index in [9.17, 15) is 13.2 Å². The number of benzene rings is 3. The summed E-state index contributed by atoms with van der Waals surface area (Å²) in [5.41, 5.74) is 16.4. The maximum Gasteiger partial charge on any atom is 0.285 e. The van der Waals surface area contributed by atoms with E-state index in [1.165, 1.54) is 24.3 Å². The summed E-state index contributed by atoms with van der Waals surface area (Å²) in [6, 6.07) is 30.5. The zero-order valence-electron chi connectivity index (χ0n) is 23.8. The van der Waals surface area contributed by atoms with Crippen molar-refractivity contribution >= 4 is 27.6 Å². The van der Waals surface area contributed by atoms with Gasteiger partial charge in [0.1, 0.15) is 0 Å². The molecule has 3 aromatic carbocycles. The molecule has 0 radical (unpaired) electrons. The standard InChI is InChI=1S/C30H31N5O3S.ClHO4/c1-2-9-26-20-24(22-10-5-3-6-11-22)21-28(23-12-7-4-8-13-23)35(26)19-18-29(36)33-25-14-16-27(17-15-25)39(37,38)34-30(31)32;2-1(3,4)5/h3-8,10-17,20-21H,2,9,18-19H2,1H3,(H4-,31,32,33,34,36);(H,2,3,4,5). The molecule has 0 unspecified atom stereocenters. The van der Waals surface area contributed by atoms with E-state index in [1.54, 1.807) is 0 Å². The van der Waals surface area contributed by atoms with E-state index >= 15 is 0 Å². The maximum absolute atomic E-state index is 12.9. The molecule has 0 aliphatic carbocycles. The number of hydrogen-bond acceptors (Lipinski definition) is 7. The lowest BCUT2D eigenvalue weighted by molar-refractivity contribution is -2.00. The van der Waals surface area contributed by atoms with Crippen LogP contribution in [0, 0.1) is 10.2 Å². The molecule has 0 aliphatic heterocycles. The van der Waals surface area contributed by atoms with Crippen LogP contribution in [0.4, 0.5) is 5.69 Å². The molecule has 4 aromatic rings. The molecule has 0 spiro atoms. The normalized spacial score (nSPS) is 11.2. The number of halogens is 1. The lowest BCUT2D eigenvalue weighted by Gasteiger charge is -2.17. The summed E-state index contributed by atoms with van der Waals surface area (Å²) in [5.74, 6) is -0.727. The highest BCUT2D eigenvalue weighted by molar-refractivity contribution is 7.90. The van der Waals surface area contributed by atoms with Crippen LogP contribution < -0.4 is 40.0 Å². The van der Waals surface area contributed by atoms with Crippen molar-refractivity contribution in [3.8, 4) is 22.4 Å². The van der Waals surface area contributed by atoms with Gasteiger partial charge in [-0.1, -0.05) is 55.5 Å². The average molecular weight is 642 g/mol. The Bertz CT molecular complexity index is 1670. The van der Waals surface area contributed by atoms with Crippen molar-refractivity contribution in [1.29, 1.82) is 0 Å². The third kappa shape index (κ3) is 10.7. The Labute approximate surface area is 257 Å². The molecule has 1 aromatic heterocycles. The number of carbonyl (C=O) groups excluding carboxylic acids is 1. The number of aromatic nitrogens is 1. The van der Waals surface area contributed by atoms with Gasteiger partial charge < -0.3 is 16.8 Å². The third-order valence-electron chi connectivity index (χ3n) is 6.16. The van der Waals surface area contributed by atoms with Crippen LogP contribution in [-0.2, 0) is 27.8 Å². The number of amides is 1. The number of sulfonamides is 1. The summed E-state index contributed by atoms with van der Waals surface area (Å²) in [7, 11) is -8.94. The summed E-state index contributed by atoms with van der Waals surface area (Å²) in [5, 5.41) is 2.85. The number of nitrogens with two attached hydrogens (primary N) is 2. The Morgan fingerprint density at radius 1 is 0.841 bits per heavy atom. The first-order chi connectivity index (χ1) is 20.8. The second-order valence-corrected chi connectivity index (χ2v) is 11.8. The molecule has 0 saturated carbocycles. The lowest BCUT2D eigenvalue weighted by atomic mass is 10.00. The van der Waals surface area contributed by atoms with Crippen molar-refractivity contribution in [3.05, 3.63) is 103 Å². The number of pyridine rings is 1. The van der Waals surface area contributed by atoms with Gasteiger partial charge in [-0.2, -0.15) is 13.0 Å². The van der Waals surface area contributed by atoms with Gasteiger partial charge in [0.15, 0.2) is 12.2 Å². The molecule has 0 fully saturated rings. The summed E-state index contributed by atoms with van der Waals surface area (Å²) in [6.07, 6.45) is 2.07. The fourth-order valence-electron chi connectivity index (χ4n) is 4.39.